The van der Waals surface area contributed by atoms with Crippen molar-refractivity contribution in [1.29, 1.82) is 0 Å². The third-order valence-corrected chi connectivity index (χ3v) is 6.65. The Morgan fingerprint density at radius 2 is 1.88 bits per heavy atom. The normalized spacial score (nSPS) is 28.7. The van der Waals surface area contributed by atoms with E-state index in [2.05, 4.69) is 25.4 Å². The van der Waals surface area contributed by atoms with Crippen molar-refractivity contribution >= 4 is 31.9 Å². The van der Waals surface area contributed by atoms with E-state index in [0.717, 1.165) is 18.2 Å². The van der Waals surface area contributed by atoms with Gasteiger partial charge < -0.3 is 4.74 Å². The Morgan fingerprint density at radius 3 is 2.38 bits per heavy atom. The van der Waals surface area contributed by atoms with Gasteiger partial charge in [-0.15, -0.1) is 0 Å². The number of hydrogen-bond donors (Lipinski definition) is 1. The minimum atomic E-state index is -4.79. The Balaban J connectivity index is 1.87. The quantitative estimate of drug-likeness (QED) is 0.749. The lowest BCUT2D eigenvalue weighted by atomic mass is 9.40. The van der Waals surface area contributed by atoms with E-state index in [4.69, 9.17) is 0 Å². The number of carbonyl (C=O) groups excluding carboxylic acids is 1. The van der Waals surface area contributed by atoms with Crippen LogP contribution in [0.3, 0.4) is 0 Å². The van der Waals surface area contributed by atoms with E-state index in [1.807, 2.05) is 0 Å². The summed E-state index contributed by atoms with van der Waals surface area (Å²) in [6, 6.07) is 2.78. The number of carbonyl (C=O) groups is 1. The summed E-state index contributed by atoms with van der Waals surface area (Å²) in [4.78, 5) is 10.8. The van der Waals surface area contributed by atoms with E-state index in [9.17, 15) is 26.4 Å². The number of sulfonamides is 1. The standard InChI is InChI=1S/C14H13BrF3NO4S/c1-23-11(20)12-5-13(6-12,7-12)19-24(21,22)10-4-8(15)2-3-9(10)14(16,17)18/h2-4,19H,5-7H2,1H3. The Morgan fingerprint density at radius 1 is 1.29 bits per heavy atom. The number of esters is 1. The molecule has 3 saturated carbocycles. The highest BCUT2D eigenvalue weighted by molar-refractivity contribution is 9.10. The van der Waals surface area contributed by atoms with E-state index < -0.39 is 43.6 Å². The maximum absolute atomic E-state index is 13.1. The van der Waals surface area contributed by atoms with Gasteiger partial charge in [-0.05, 0) is 37.5 Å². The Bertz CT molecular complexity index is 802. The van der Waals surface area contributed by atoms with Crippen LogP contribution in [0.5, 0.6) is 0 Å². The van der Waals surface area contributed by atoms with Gasteiger partial charge in [-0.3, -0.25) is 4.79 Å². The molecule has 0 spiro atoms. The molecule has 0 heterocycles. The Labute approximate surface area is 144 Å². The van der Waals surface area contributed by atoms with Gasteiger partial charge in [0.15, 0.2) is 0 Å². The smallest absolute Gasteiger partial charge is 0.417 e. The topological polar surface area (TPSA) is 72.5 Å². The summed E-state index contributed by atoms with van der Waals surface area (Å²) in [5, 5.41) is 0. The maximum atomic E-state index is 13.1. The molecule has 0 saturated heterocycles. The molecule has 4 rings (SSSR count). The average molecular weight is 428 g/mol. The molecular formula is C14H13BrF3NO4S. The first-order valence-electron chi connectivity index (χ1n) is 6.92. The molecule has 2 bridgehead atoms. The molecule has 1 N–H and O–H groups in total. The van der Waals surface area contributed by atoms with Crippen LogP contribution >= 0.6 is 15.9 Å². The molecule has 0 unspecified atom stereocenters. The van der Waals surface area contributed by atoms with Crippen molar-refractivity contribution in [2.24, 2.45) is 5.41 Å². The first-order chi connectivity index (χ1) is 10.9. The second kappa shape index (κ2) is 5.18. The molecule has 0 atom stereocenters. The molecule has 0 aromatic heterocycles. The van der Waals surface area contributed by atoms with Crippen molar-refractivity contribution in [2.75, 3.05) is 7.11 Å². The van der Waals surface area contributed by atoms with E-state index >= 15 is 0 Å². The summed E-state index contributed by atoms with van der Waals surface area (Å²) in [7, 11) is -3.14. The number of benzene rings is 1. The predicted octanol–water partition coefficient (Wildman–Crippen LogP) is 2.84. The van der Waals surface area contributed by atoms with Crippen LogP contribution in [-0.2, 0) is 25.7 Å². The molecule has 24 heavy (non-hydrogen) atoms. The fraction of sp³-hybridized carbons (Fsp3) is 0.500. The van der Waals surface area contributed by atoms with Crippen LogP contribution in [0.4, 0.5) is 13.2 Å². The zero-order chi connectivity index (χ0) is 18.0. The Hall–Kier alpha value is -1.13. The van der Waals surface area contributed by atoms with Crippen molar-refractivity contribution < 1.29 is 31.1 Å². The van der Waals surface area contributed by atoms with Crippen LogP contribution < -0.4 is 4.72 Å². The molecule has 1 aromatic rings. The average Bonchev–Trinajstić information content (AvgIpc) is 2.39. The van der Waals surface area contributed by atoms with E-state index in [1.165, 1.54) is 7.11 Å². The van der Waals surface area contributed by atoms with E-state index in [0.29, 0.717) is 0 Å². The maximum Gasteiger partial charge on any atom is 0.417 e. The lowest BCUT2D eigenvalue weighted by Gasteiger charge is -2.68. The van der Waals surface area contributed by atoms with Gasteiger partial charge >= 0.3 is 12.1 Å². The predicted molar refractivity (Wildman–Crippen MR) is 80.5 cm³/mol. The van der Waals surface area contributed by atoms with Crippen LogP contribution in [0.2, 0.25) is 0 Å². The fourth-order valence-corrected chi connectivity index (χ4v) is 5.79. The molecule has 0 amide bonds. The second-order valence-electron chi connectivity index (χ2n) is 6.33. The SMILES string of the molecule is COC(=O)C12CC(NS(=O)(=O)c3cc(Br)ccc3C(F)(F)F)(C1)C2. The van der Waals surface area contributed by atoms with Gasteiger partial charge in [-0.2, -0.15) is 13.2 Å². The molecule has 132 valence electrons. The van der Waals surface area contributed by atoms with Gasteiger partial charge in [0, 0.05) is 10.0 Å². The van der Waals surface area contributed by atoms with Gasteiger partial charge in [0.05, 0.1) is 23.0 Å². The minimum Gasteiger partial charge on any atom is -0.469 e. The summed E-state index contributed by atoms with van der Waals surface area (Å²) < 4.78 is 71.5. The number of nitrogens with one attached hydrogen (secondary N) is 1. The number of alkyl halides is 3. The first-order valence-corrected chi connectivity index (χ1v) is 9.20. The lowest BCUT2D eigenvalue weighted by Crippen LogP contribution is -2.77. The number of rotatable bonds is 4. The fourth-order valence-electron chi connectivity index (χ4n) is 3.62. The summed E-state index contributed by atoms with van der Waals surface area (Å²) in [6.45, 7) is 0. The highest BCUT2D eigenvalue weighted by atomic mass is 79.9. The summed E-state index contributed by atoms with van der Waals surface area (Å²) in [5.74, 6) is -0.415. The van der Waals surface area contributed by atoms with Crippen LogP contribution in [0.15, 0.2) is 27.6 Å². The van der Waals surface area contributed by atoms with Crippen molar-refractivity contribution in [3.05, 3.63) is 28.2 Å². The molecule has 3 aliphatic rings. The summed E-state index contributed by atoms with van der Waals surface area (Å²) >= 11 is 2.99. The number of hydrogen-bond acceptors (Lipinski definition) is 4. The third kappa shape index (κ3) is 2.64. The number of ether oxygens (including phenoxy) is 1. The monoisotopic (exact) mass is 427 g/mol. The van der Waals surface area contributed by atoms with Gasteiger partial charge in [0.2, 0.25) is 10.0 Å². The minimum absolute atomic E-state index is 0.222. The summed E-state index contributed by atoms with van der Waals surface area (Å²) in [6.07, 6.45) is -4.08. The molecular weight excluding hydrogens is 415 g/mol. The van der Waals surface area contributed by atoms with Crippen molar-refractivity contribution in [3.63, 3.8) is 0 Å². The number of methoxy groups -OCH3 is 1. The Kier molecular flexibility index (Phi) is 3.82. The molecule has 5 nitrogen and oxygen atoms in total. The van der Waals surface area contributed by atoms with Gasteiger partial charge in [-0.1, -0.05) is 15.9 Å². The van der Waals surface area contributed by atoms with Crippen LogP contribution in [0.1, 0.15) is 24.8 Å². The zero-order valence-corrected chi connectivity index (χ0v) is 14.8. The van der Waals surface area contributed by atoms with Gasteiger partial charge in [-0.25, -0.2) is 13.1 Å². The molecule has 0 radical (unpaired) electrons. The van der Waals surface area contributed by atoms with Gasteiger partial charge in [0.1, 0.15) is 0 Å². The van der Waals surface area contributed by atoms with Crippen LogP contribution in [0.25, 0.3) is 0 Å². The first kappa shape index (κ1) is 17.7. The summed E-state index contributed by atoms with van der Waals surface area (Å²) in [5.41, 5.74) is -2.79. The van der Waals surface area contributed by atoms with Crippen LogP contribution in [-0.4, -0.2) is 27.0 Å². The van der Waals surface area contributed by atoms with Crippen molar-refractivity contribution in [1.82, 2.24) is 4.72 Å². The number of halogens is 4. The lowest BCUT2D eigenvalue weighted by molar-refractivity contribution is -0.197. The highest BCUT2D eigenvalue weighted by Crippen LogP contribution is 2.68. The van der Waals surface area contributed by atoms with Crippen molar-refractivity contribution in [2.45, 2.75) is 35.9 Å². The molecule has 10 heteroatoms. The molecule has 3 fully saturated rings. The van der Waals surface area contributed by atoms with Crippen molar-refractivity contribution in [3.8, 4) is 0 Å². The largest absolute Gasteiger partial charge is 0.469 e. The zero-order valence-electron chi connectivity index (χ0n) is 12.4. The molecule has 1 aromatic carbocycles. The van der Waals surface area contributed by atoms with Crippen LogP contribution in [0, 0.1) is 5.41 Å². The van der Waals surface area contributed by atoms with Gasteiger partial charge in [0.25, 0.3) is 0 Å². The highest BCUT2D eigenvalue weighted by Gasteiger charge is 2.73. The van der Waals surface area contributed by atoms with E-state index in [1.54, 1.807) is 0 Å². The third-order valence-electron chi connectivity index (χ3n) is 4.54. The second-order valence-corrected chi connectivity index (χ2v) is 8.89. The van der Waals surface area contributed by atoms with E-state index in [-0.39, 0.29) is 23.7 Å². The molecule has 3 aliphatic carbocycles. The molecule has 0 aliphatic heterocycles.